The Morgan fingerprint density at radius 3 is 2.29 bits per heavy atom. The predicted molar refractivity (Wildman–Crippen MR) is 64.4 cm³/mol. The van der Waals surface area contributed by atoms with Crippen molar-refractivity contribution in [3.63, 3.8) is 0 Å². The van der Waals surface area contributed by atoms with Crippen molar-refractivity contribution >= 4 is 28.6 Å². The van der Waals surface area contributed by atoms with Crippen LogP contribution in [0.2, 0.25) is 0 Å². The molecule has 0 aliphatic rings. The summed E-state index contributed by atoms with van der Waals surface area (Å²) in [5, 5.41) is 0. The zero-order valence-corrected chi connectivity index (χ0v) is 12.3. The normalized spacial score (nSPS) is 12.2. The highest BCUT2D eigenvalue weighted by atomic mass is 127. The summed E-state index contributed by atoms with van der Waals surface area (Å²) in [5.41, 5.74) is -2.66. The molecule has 0 saturated carbocycles. The molecule has 11 heteroatoms. The van der Waals surface area contributed by atoms with E-state index in [0.717, 1.165) is 13.3 Å². The van der Waals surface area contributed by atoms with E-state index in [-0.39, 0.29) is 0 Å². The second kappa shape index (κ2) is 6.23. The SMILES string of the molecule is COC(=O)Cc1ncc(I)c(OC(F)(F)F)c1C(F)(F)F. The van der Waals surface area contributed by atoms with Crippen LogP contribution in [0.1, 0.15) is 11.3 Å². The lowest BCUT2D eigenvalue weighted by atomic mass is 10.1. The third-order valence-corrected chi connectivity index (χ3v) is 2.88. The Morgan fingerprint density at radius 1 is 1.29 bits per heavy atom. The van der Waals surface area contributed by atoms with Gasteiger partial charge in [0.15, 0.2) is 5.75 Å². The van der Waals surface area contributed by atoms with Crippen molar-refractivity contribution in [1.82, 2.24) is 4.98 Å². The van der Waals surface area contributed by atoms with Gasteiger partial charge in [0.2, 0.25) is 0 Å². The van der Waals surface area contributed by atoms with Crippen LogP contribution in [0.5, 0.6) is 5.75 Å². The van der Waals surface area contributed by atoms with Crippen molar-refractivity contribution < 1.29 is 40.6 Å². The molecule has 1 rings (SSSR count). The lowest BCUT2D eigenvalue weighted by Crippen LogP contribution is -2.23. The molecule has 0 aliphatic carbocycles. The van der Waals surface area contributed by atoms with E-state index in [2.05, 4.69) is 14.5 Å². The first-order chi connectivity index (χ1) is 9.45. The van der Waals surface area contributed by atoms with E-state index in [4.69, 9.17) is 0 Å². The van der Waals surface area contributed by atoms with Crippen molar-refractivity contribution in [2.45, 2.75) is 19.0 Å². The summed E-state index contributed by atoms with van der Waals surface area (Å²) in [6.07, 6.45) is -10.7. The van der Waals surface area contributed by atoms with Crippen LogP contribution < -0.4 is 4.74 Å². The lowest BCUT2D eigenvalue weighted by molar-refractivity contribution is -0.276. The van der Waals surface area contributed by atoms with Crippen LogP contribution in [0.3, 0.4) is 0 Å². The fraction of sp³-hybridized carbons (Fsp3) is 0.400. The molecule has 0 radical (unpaired) electrons. The minimum absolute atomic E-state index is 0.495. The molecule has 0 atom stereocenters. The Hall–Kier alpha value is -1.27. The molecule has 0 saturated heterocycles. The largest absolute Gasteiger partial charge is 0.573 e. The molecule has 0 fully saturated rings. The maximum atomic E-state index is 13.0. The number of rotatable bonds is 3. The first kappa shape index (κ1) is 17.8. The van der Waals surface area contributed by atoms with Crippen molar-refractivity contribution in [2.24, 2.45) is 0 Å². The number of carbonyl (C=O) groups is 1. The van der Waals surface area contributed by atoms with Crippen LogP contribution in [0.15, 0.2) is 6.20 Å². The van der Waals surface area contributed by atoms with E-state index < -0.39 is 45.5 Å². The minimum Gasteiger partial charge on any atom is -0.469 e. The average Bonchev–Trinajstić information content (AvgIpc) is 2.29. The smallest absolute Gasteiger partial charge is 0.469 e. The van der Waals surface area contributed by atoms with Gasteiger partial charge in [0.05, 0.1) is 22.8 Å². The van der Waals surface area contributed by atoms with Gasteiger partial charge in [0.25, 0.3) is 0 Å². The molecule has 1 heterocycles. The third kappa shape index (κ3) is 4.89. The van der Waals surface area contributed by atoms with Gasteiger partial charge in [-0.05, 0) is 22.6 Å². The minimum atomic E-state index is -5.32. The number of esters is 1. The molecule has 4 nitrogen and oxygen atoms in total. The average molecular weight is 429 g/mol. The topological polar surface area (TPSA) is 48.4 Å². The third-order valence-electron chi connectivity index (χ3n) is 2.11. The quantitative estimate of drug-likeness (QED) is 0.421. The summed E-state index contributed by atoms with van der Waals surface area (Å²) < 4.78 is 82.8. The highest BCUT2D eigenvalue weighted by Crippen LogP contribution is 2.42. The molecule has 0 N–H and O–H groups in total. The number of ether oxygens (including phenoxy) is 2. The van der Waals surface area contributed by atoms with E-state index in [0.29, 0.717) is 0 Å². The highest BCUT2D eigenvalue weighted by molar-refractivity contribution is 14.1. The summed E-state index contributed by atoms with van der Waals surface area (Å²) >= 11 is 1.22. The lowest BCUT2D eigenvalue weighted by Gasteiger charge is -2.18. The molecule has 0 unspecified atom stereocenters. The molecule has 0 aromatic carbocycles. The Morgan fingerprint density at radius 2 is 1.86 bits per heavy atom. The fourth-order valence-electron chi connectivity index (χ4n) is 1.36. The van der Waals surface area contributed by atoms with Gasteiger partial charge in [-0.1, -0.05) is 0 Å². The van der Waals surface area contributed by atoms with Crippen LogP contribution in [0.4, 0.5) is 26.3 Å². The molecule has 21 heavy (non-hydrogen) atoms. The van der Waals surface area contributed by atoms with Gasteiger partial charge >= 0.3 is 18.5 Å². The number of alkyl halides is 6. The molecule has 1 aromatic rings. The van der Waals surface area contributed by atoms with E-state index >= 15 is 0 Å². The Bertz CT molecular complexity index is 543. The number of hydrogen-bond donors (Lipinski definition) is 0. The maximum absolute atomic E-state index is 13.0. The summed E-state index contributed by atoms with van der Waals surface area (Å²) in [5.74, 6) is -2.52. The highest BCUT2D eigenvalue weighted by Gasteiger charge is 2.43. The van der Waals surface area contributed by atoms with E-state index in [1.807, 2.05) is 0 Å². The molecular weight excluding hydrogens is 423 g/mol. The first-order valence-corrected chi connectivity index (χ1v) is 6.10. The van der Waals surface area contributed by atoms with Gasteiger partial charge in [-0.2, -0.15) is 13.2 Å². The second-order valence-corrected chi connectivity index (χ2v) is 4.72. The van der Waals surface area contributed by atoms with Crippen LogP contribution in [-0.2, 0) is 22.1 Å². The summed E-state index contributed by atoms with van der Waals surface area (Å²) in [4.78, 5) is 14.4. The number of carbonyl (C=O) groups excluding carboxylic acids is 1. The second-order valence-electron chi connectivity index (χ2n) is 3.56. The number of pyridine rings is 1. The summed E-state index contributed by atoms with van der Waals surface area (Å²) in [6.45, 7) is 0. The van der Waals surface area contributed by atoms with Gasteiger partial charge < -0.3 is 9.47 Å². The van der Waals surface area contributed by atoms with Crippen LogP contribution in [0, 0.1) is 3.57 Å². The predicted octanol–water partition coefficient (Wildman–Crippen LogP) is 3.32. The van der Waals surface area contributed by atoms with Gasteiger partial charge in [-0.25, -0.2) is 0 Å². The van der Waals surface area contributed by atoms with Crippen molar-refractivity contribution in [3.8, 4) is 5.75 Å². The molecule has 0 spiro atoms. The number of methoxy groups -OCH3 is 1. The maximum Gasteiger partial charge on any atom is 0.573 e. The first-order valence-electron chi connectivity index (χ1n) is 5.03. The number of aromatic nitrogens is 1. The van der Waals surface area contributed by atoms with E-state index in [1.54, 1.807) is 0 Å². The van der Waals surface area contributed by atoms with Crippen molar-refractivity contribution in [3.05, 3.63) is 21.0 Å². The van der Waals surface area contributed by atoms with E-state index in [1.165, 1.54) is 22.6 Å². The zero-order chi connectivity index (χ0) is 16.4. The molecule has 0 amide bonds. The summed E-state index contributed by atoms with van der Waals surface area (Å²) in [7, 11) is 0.926. The van der Waals surface area contributed by atoms with Crippen molar-refractivity contribution in [1.29, 1.82) is 0 Å². The fourth-order valence-corrected chi connectivity index (χ4v) is 1.88. The molecule has 1 aromatic heterocycles. The monoisotopic (exact) mass is 429 g/mol. The Balaban J connectivity index is 3.46. The number of hydrogen-bond acceptors (Lipinski definition) is 4. The Labute approximate surface area is 127 Å². The molecule has 0 aliphatic heterocycles. The van der Waals surface area contributed by atoms with Gasteiger partial charge in [0, 0.05) is 6.20 Å². The van der Waals surface area contributed by atoms with Gasteiger partial charge in [-0.3, -0.25) is 9.78 Å². The zero-order valence-electron chi connectivity index (χ0n) is 10.1. The van der Waals surface area contributed by atoms with Crippen molar-refractivity contribution in [2.75, 3.05) is 7.11 Å². The van der Waals surface area contributed by atoms with Crippen LogP contribution >= 0.6 is 22.6 Å². The summed E-state index contributed by atoms with van der Waals surface area (Å²) in [6, 6.07) is 0. The van der Waals surface area contributed by atoms with Crippen LogP contribution in [0.25, 0.3) is 0 Å². The number of nitrogens with zero attached hydrogens (tertiary/aromatic N) is 1. The van der Waals surface area contributed by atoms with E-state index in [9.17, 15) is 31.1 Å². The molecule has 118 valence electrons. The standard InChI is InChI=1S/C10H6F6INO3/c1-20-6(19)2-5-7(9(11,12)13)8(4(17)3-18-5)21-10(14,15)16/h3H,2H2,1H3. The Kier molecular flexibility index (Phi) is 5.28. The van der Waals surface area contributed by atoms with Gasteiger partial charge in [0.1, 0.15) is 5.56 Å². The molecular formula is C10H6F6INO3. The van der Waals surface area contributed by atoms with Gasteiger partial charge in [-0.15, -0.1) is 13.2 Å². The molecule has 0 bridgehead atoms. The van der Waals surface area contributed by atoms with Crippen LogP contribution in [-0.4, -0.2) is 24.4 Å². The number of halogens is 7.